The minimum atomic E-state index is -1.68. The first kappa shape index (κ1) is 15.0. The fourth-order valence-corrected chi connectivity index (χ4v) is 3.14. The van der Waals surface area contributed by atoms with Gasteiger partial charge in [-0.1, -0.05) is 0 Å². The second-order valence-electron chi connectivity index (χ2n) is 6.28. The van der Waals surface area contributed by atoms with Crippen LogP contribution in [0.3, 0.4) is 0 Å². The highest BCUT2D eigenvalue weighted by atomic mass is 28.4. The van der Waals surface area contributed by atoms with Crippen LogP contribution in [0.15, 0.2) is 18.2 Å². The standard InChI is InChI=1S/C13H22O3Si2/c1-17(2,3)15-12-7-11(10-14)8-13(9-12)16-18(4,5)6/h7-10H,1-6H3. The van der Waals surface area contributed by atoms with Crippen molar-refractivity contribution < 1.29 is 13.6 Å². The average Bonchev–Trinajstić information content (AvgIpc) is 2.11. The minimum Gasteiger partial charge on any atom is -0.544 e. The Kier molecular flexibility index (Phi) is 4.39. The summed E-state index contributed by atoms with van der Waals surface area (Å²) < 4.78 is 11.8. The summed E-state index contributed by atoms with van der Waals surface area (Å²) in [7, 11) is -3.35. The topological polar surface area (TPSA) is 35.5 Å². The molecule has 3 nitrogen and oxygen atoms in total. The molecule has 0 heterocycles. The molecule has 0 radical (unpaired) electrons. The monoisotopic (exact) mass is 282 g/mol. The molecule has 1 rings (SSSR count). The highest BCUT2D eigenvalue weighted by Crippen LogP contribution is 2.26. The van der Waals surface area contributed by atoms with Crippen LogP contribution in [0.5, 0.6) is 11.5 Å². The smallest absolute Gasteiger partial charge is 0.242 e. The Balaban J connectivity index is 3.05. The van der Waals surface area contributed by atoms with Crippen molar-refractivity contribution in [2.45, 2.75) is 39.3 Å². The second kappa shape index (κ2) is 5.28. The maximum atomic E-state index is 11.0. The first-order valence-electron chi connectivity index (χ1n) is 6.07. The Morgan fingerprint density at radius 3 is 1.50 bits per heavy atom. The quantitative estimate of drug-likeness (QED) is 0.606. The van der Waals surface area contributed by atoms with Gasteiger partial charge in [-0.3, -0.25) is 4.79 Å². The van der Waals surface area contributed by atoms with Crippen molar-refractivity contribution in [2.24, 2.45) is 0 Å². The lowest BCUT2D eigenvalue weighted by molar-refractivity contribution is 0.112. The molecule has 1 aromatic rings. The summed E-state index contributed by atoms with van der Waals surface area (Å²) in [6.07, 6.45) is 0.828. The molecular formula is C13H22O3Si2. The largest absolute Gasteiger partial charge is 0.544 e. The van der Waals surface area contributed by atoms with E-state index in [1.165, 1.54) is 0 Å². The molecule has 0 fully saturated rings. The van der Waals surface area contributed by atoms with Gasteiger partial charge in [-0.15, -0.1) is 0 Å². The normalized spacial score (nSPS) is 12.1. The Hall–Kier alpha value is -1.08. The molecule has 0 N–H and O–H groups in total. The number of rotatable bonds is 5. The maximum absolute atomic E-state index is 11.0. The van der Waals surface area contributed by atoms with E-state index in [1.807, 2.05) is 6.07 Å². The van der Waals surface area contributed by atoms with Gasteiger partial charge < -0.3 is 8.85 Å². The zero-order valence-corrected chi connectivity index (χ0v) is 14.0. The summed E-state index contributed by atoms with van der Waals surface area (Å²) in [5.41, 5.74) is 0.596. The summed E-state index contributed by atoms with van der Waals surface area (Å²) in [6.45, 7) is 12.7. The Morgan fingerprint density at radius 2 is 1.22 bits per heavy atom. The molecule has 0 amide bonds. The molecule has 5 heteroatoms. The number of benzene rings is 1. The lowest BCUT2D eigenvalue weighted by atomic mass is 10.2. The molecule has 0 aromatic heterocycles. The summed E-state index contributed by atoms with van der Waals surface area (Å²) >= 11 is 0. The summed E-state index contributed by atoms with van der Waals surface area (Å²) in [5.74, 6) is 1.46. The first-order valence-corrected chi connectivity index (χ1v) is 12.9. The molecule has 18 heavy (non-hydrogen) atoms. The molecular weight excluding hydrogens is 260 g/mol. The number of aldehydes is 1. The SMILES string of the molecule is C[Si](C)(C)Oc1cc(C=O)cc(O[Si](C)(C)C)c1. The zero-order valence-electron chi connectivity index (χ0n) is 12.0. The van der Waals surface area contributed by atoms with E-state index in [0.29, 0.717) is 5.56 Å². The Labute approximate surface area is 111 Å². The van der Waals surface area contributed by atoms with Crippen molar-refractivity contribution in [2.75, 3.05) is 0 Å². The van der Waals surface area contributed by atoms with E-state index in [0.717, 1.165) is 17.8 Å². The third-order valence-electron chi connectivity index (χ3n) is 1.89. The highest BCUT2D eigenvalue weighted by Gasteiger charge is 2.19. The third-order valence-corrected chi connectivity index (χ3v) is 3.58. The predicted octanol–water partition coefficient (Wildman–Crippen LogP) is 3.93. The van der Waals surface area contributed by atoms with Gasteiger partial charge in [-0.2, -0.15) is 0 Å². The Morgan fingerprint density at radius 1 is 0.833 bits per heavy atom. The molecule has 0 aliphatic carbocycles. The molecule has 100 valence electrons. The highest BCUT2D eigenvalue weighted by molar-refractivity contribution is 6.70. The van der Waals surface area contributed by atoms with Crippen molar-refractivity contribution in [3.8, 4) is 11.5 Å². The number of carbonyl (C=O) groups is 1. The number of carbonyl (C=O) groups excluding carboxylic acids is 1. The molecule has 0 saturated heterocycles. The number of hydrogen-bond acceptors (Lipinski definition) is 3. The van der Waals surface area contributed by atoms with E-state index in [2.05, 4.69) is 39.3 Å². The van der Waals surface area contributed by atoms with Gasteiger partial charge in [0, 0.05) is 11.6 Å². The van der Waals surface area contributed by atoms with Crippen LogP contribution in [-0.2, 0) is 0 Å². The third kappa shape index (κ3) is 5.51. The van der Waals surface area contributed by atoms with Gasteiger partial charge in [0.25, 0.3) is 0 Å². The van der Waals surface area contributed by atoms with Gasteiger partial charge in [-0.05, 0) is 51.4 Å². The van der Waals surface area contributed by atoms with E-state index in [9.17, 15) is 4.79 Å². The zero-order chi connectivity index (χ0) is 14.0. The lowest BCUT2D eigenvalue weighted by Crippen LogP contribution is -2.30. The fourth-order valence-electron chi connectivity index (χ4n) is 1.49. The molecule has 0 aliphatic rings. The van der Waals surface area contributed by atoms with Gasteiger partial charge in [0.1, 0.15) is 17.8 Å². The van der Waals surface area contributed by atoms with Gasteiger partial charge in [0.15, 0.2) is 0 Å². The van der Waals surface area contributed by atoms with Crippen LogP contribution in [0.2, 0.25) is 39.3 Å². The van der Waals surface area contributed by atoms with Crippen molar-refractivity contribution >= 4 is 22.9 Å². The molecule has 0 unspecified atom stereocenters. The van der Waals surface area contributed by atoms with E-state index >= 15 is 0 Å². The van der Waals surface area contributed by atoms with Crippen LogP contribution in [0.4, 0.5) is 0 Å². The van der Waals surface area contributed by atoms with E-state index in [-0.39, 0.29) is 0 Å². The van der Waals surface area contributed by atoms with Crippen molar-refractivity contribution in [1.82, 2.24) is 0 Å². The Bertz CT molecular complexity index is 397. The molecule has 0 bridgehead atoms. The van der Waals surface area contributed by atoms with Crippen LogP contribution < -0.4 is 8.85 Å². The molecule has 0 atom stereocenters. The van der Waals surface area contributed by atoms with E-state index in [4.69, 9.17) is 8.85 Å². The molecule has 0 aliphatic heterocycles. The number of hydrogen-bond donors (Lipinski definition) is 0. The van der Waals surface area contributed by atoms with Gasteiger partial charge in [0.2, 0.25) is 16.6 Å². The van der Waals surface area contributed by atoms with Crippen LogP contribution in [-0.4, -0.2) is 22.9 Å². The first-order chi connectivity index (χ1) is 8.09. The van der Waals surface area contributed by atoms with Crippen LogP contribution in [0.25, 0.3) is 0 Å². The van der Waals surface area contributed by atoms with Crippen LogP contribution in [0.1, 0.15) is 10.4 Å². The van der Waals surface area contributed by atoms with Gasteiger partial charge in [-0.25, -0.2) is 0 Å². The molecule has 0 spiro atoms. The summed E-state index contributed by atoms with van der Waals surface area (Å²) in [6, 6.07) is 5.41. The van der Waals surface area contributed by atoms with E-state index in [1.54, 1.807) is 12.1 Å². The van der Waals surface area contributed by atoms with Crippen molar-refractivity contribution in [1.29, 1.82) is 0 Å². The van der Waals surface area contributed by atoms with Crippen LogP contribution in [0, 0.1) is 0 Å². The average molecular weight is 282 g/mol. The molecule has 0 saturated carbocycles. The second-order valence-corrected chi connectivity index (χ2v) is 15.1. The van der Waals surface area contributed by atoms with Crippen molar-refractivity contribution in [3.05, 3.63) is 23.8 Å². The summed E-state index contributed by atoms with van der Waals surface area (Å²) in [5, 5.41) is 0. The van der Waals surface area contributed by atoms with Gasteiger partial charge >= 0.3 is 0 Å². The van der Waals surface area contributed by atoms with Gasteiger partial charge in [0.05, 0.1) is 0 Å². The molecule has 1 aromatic carbocycles. The predicted molar refractivity (Wildman–Crippen MR) is 79.8 cm³/mol. The van der Waals surface area contributed by atoms with Crippen molar-refractivity contribution in [3.63, 3.8) is 0 Å². The lowest BCUT2D eigenvalue weighted by Gasteiger charge is -2.23. The summed E-state index contributed by atoms with van der Waals surface area (Å²) in [4.78, 5) is 11.0. The van der Waals surface area contributed by atoms with E-state index < -0.39 is 16.6 Å². The maximum Gasteiger partial charge on any atom is 0.242 e. The fraction of sp³-hybridized carbons (Fsp3) is 0.462. The van der Waals surface area contributed by atoms with Crippen LogP contribution >= 0.6 is 0 Å². The minimum absolute atomic E-state index is 0.596.